The maximum Gasteiger partial charge on any atom is 0.0714 e. The summed E-state index contributed by atoms with van der Waals surface area (Å²) in [4.78, 5) is 2.53. The Balaban J connectivity index is 1.15. The third kappa shape index (κ3) is 5.56. The summed E-state index contributed by atoms with van der Waals surface area (Å²) >= 11 is 0. The van der Waals surface area contributed by atoms with Crippen LogP contribution in [-0.2, 0) is 10.8 Å². The molecule has 0 unspecified atom stereocenters. The van der Waals surface area contributed by atoms with E-state index in [1.54, 1.807) is 0 Å². The molecule has 0 saturated carbocycles. The van der Waals surface area contributed by atoms with Gasteiger partial charge >= 0.3 is 0 Å². The maximum atomic E-state index is 2.53. The van der Waals surface area contributed by atoms with Crippen LogP contribution in [-0.4, -0.2) is 0 Å². The van der Waals surface area contributed by atoms with Crippen molar-refractivity contribution in [1.29, 1.82) is 0 Å². The van der Waals surface area contributed by atoms with Crippen molar-refractivity contribution in [2.75, 3.05) is 4.90 Å². The van der Waals surface area contributed by atoms with Crippen LogP contribution in [0.1, 0.15) is 47.2 Å². The van der Waals surface area contributed by atoms with Crippen LogP contribution < -0.4 is 4.90 Å². The SMILES string of the molecule is CC1(C)c2cc3ccccc3cc2-c2c(-c3ccccc3N(c3ccc4c(c3)C(c3ccccc3)(c3ccccc3)c3ccccc3-4)c3ccccc3-c3ccccc3)cccc21. The Hall–Kier alpha value is -7.74. The topological polar surface area (TPSA) is 3.24 Å². The zero-order valence-corrected chi connectivity index (χ0v) is 35.5. The fourth-order valence-electron chi connectivity index (χ4n) is 11.1. The van der Waals surface area contributed by atoms with Crippen LogP contribution in [0.5, 0.6) is 0 Å². The summed E-state index contributed by atoms with van der Waals surface area (Å²) in [5.74, 6) is 0. The molecule has 2 aliphatic rings. The Bertz CT molecular complexity index is 3320. The first-order valence-electron chi connectivity index (χ1n) is 22.1. The lowest BCUT2D eigenvalue weighted by Gasteiger charge is -2.35. The first-order chi connectivity index (χ1) is 31.0. The number of hydrogen-bond donors (Lipinski definition) is 0. The lowest BCUT2D eigenvalue weighted by Crippen LogP contribution is -2.28. The molecule has 0 heterocycles. The molecule has 0 amide bonds. The molecule has 1 nitrogen and oxygen atoms in total. The Kier molecular flexibility index (Phi) is 8.49. The number of hydrogen-bond acceptors (Lipinski definition) is 1. The standard InChI is InChI=1S/C62H45N/c1-61(2)55-34-20-32-52(60(55)53-39-43-23-12-13-24-44(43)40-56(53)61)51-31-16-19-36-59(51)63(58-35-18-15-29-48(58)42-21-6-3-7-22-42)47-37-38-50-49-30-14-17-33-54(49)62(57(50)41-47,45-25-8-4-9-26-45)46-27-10-5-11-28-46/h3-41H,1-2H3. The van der Waals surface area contributed by atoms with Crippen LogP contribution in [0.2, 0.25) is 0 Å². The smallest absolute Gasteiger partial charge is 0.0714 e. The van der Waals surface area contributed by atoms with Gasteiger partial charge in [-0.15, -0.1) is 0 Å². The van der Waals surface area contributed by atoms with Gasteiger partial charge in [0.05, 0.1) is 16.8 Å². The van der Waals surface area contributed by atoms with Crippen LogP contribution in [0.15, 0.2) is 237 Å². The largest absolute Gasteiger partial charge is 0.309 e. The first-order valence-corrected chi connectivity index (χ1v) is 22.1. The minimum absolute atomic E-state index is 0.160. The number of fused-ring (bicyclic) bond motifs is 7. The Morgan fingerprint density at radius 2 is 0.825 bits per heavy atom. The van der Waals surface area contributed by atoms with Gasteiger partial charge in [0.1, 0.15) is 0 Å². The second kappa shape index (κ2) is 14.4. The van der Waals surface area contributed by atoms with E-state index in [9.17, 15) is 0 Å². The van der Waals surface area contributed by atoms with E-state index < -0.39 is 5.41 Å². The predicted molar refractivity (Wildman–Crippen MR) is 264 cm³/mol. The van der Waals surface area contributed by atoms with Crippen LogP contribution in [0.3, 0.4) is 0 Å². The van der Waals surface area contributed by atoms with E-state index in [0.717, 1.165) is 17.1 Å². The van der Waals surface area contributed by atoms with Crippen molar-refractivity contribution >= 4 is 27.8 Å². The summed E-state index contributed by atoms with van der Waals surface area (Å²) < 4.78 is 0. The molecular formula is C62H45N. The summed E-state index contributed by atoms with van der Waals surface area (Å²) in [6, 6.07) is 87.9. The summed E-state index contributed by atoms with van der Waals surface area (Å²) in [7, 11) is 0. The number of rotatable bonds is 7. The molecule has 0 aliphatic heterocycles. The number of benzene rings is 10. The minimum atomic E-state index is -0.535. The van der Waals surface area contributed by atoms with Crippen molar-refractivity contribution in [3.63, 3.8) is 0 Å². The molecule has 10 aromatic rings. The number of anilines is 3. The average molecular weight is 804 g/mol. The van der Waals surface area contributed by atoms with Gasteiger partial charge in [-0.2, -0.15) is 0 Å². The van der Waals surface area contributed by atoms with Gasteiger partial charge in [0, 0.05) is 22.2 Å². The molecule has 12 rings (SSSR count). The molecule has 1 heteroatoms. The van der Waals surface area contributed by atoms with Gasteiger partial charge in [0.15, 0.2) is 0 Å². The highest BCUT2D eigenvalue weighted by atomic mass is 15.1. The molecular weight excluding hydrogens is 759 g/mol. The summed E-state index contributed by atoms with van der Waals surface area (Å²) in [6.45, 7) is 4.78. The Labute approximate surface area is 370 Å². The Morgan fingerprint density at radius 3 is 1.52 bits per heavy atom. The third-order valence-electron chi connectivity index (χ3n) is 13.9. The molecule has 298 valence electrons. The van der Waals surface area contributed by atoms with Gasteiger partial charge in [-0.05, 0) is 114 Å². The van der Waals surface area contributed by atoms with Crippen molar-refractivity contribution in [2.45, 2.75) is 24.7 Å². The molecule has 0 atom stereocenters. The molecule has 63 heavy (non-hydrogen) atoms. The normalized spacial score (nSPS) is 13.8. The van der Waals surface area contributed by atoms with Gasteiger partial charge in [-0.25, -0.2) is 0 Å². The fourth-order valence-corrected chi connectivity index (χ4v) is 11.1. The van der Waals surface area contributed by atoms with Gasteiger partial charge in [0.2, 0.25) is 0 Å². The summed E-state index contributed by atoms with van der Waals surface area (Å²) in [5, 5.41) is 2.55. The van der Waals surface area contributed by atoms with Crippen LogP contribution in [0.4, 0.5) is 17.1 Å². The van der Waals surface area contributed by atoms with Crippen molar-refractivity contribution in [3.05, 3.63) is 270 Å². The van der Waals surface area contributed by atoms with Crippen LogP contribution >= 0.6 is 0 Å². The van der Waals surface area contributed by atoms with E-state index >= 15 is 0 Å². The fraction of sp³-hybridized carbons (Fsp3) is 0.0645. The van der Waals surface area contributed by atoms with Crippen LogP contribution in [0.25, 0.3) is 55.3 Å². The molecule has 0 radical (unpaired) electrons. The molecule has 0 aromatic heterocycles. The van der Waals surface area contributed by atoms with E-state index in [0.29, 0.717) is 0 Å². The van der Waals surface area contributed by atoms with Gasteiger partial charge in [0.25, 0.3) is 0 Å². The highest BCUT2D eigenvalue weighted by Crippen LogP contribution is 2.59. The van der Waals surface area contributed by atoms with Gasteiger partial charge in [-0.1, -0.05) is 214 Å². The van der Waals surface area contributed by atoms with E-state index in [1.165, 1.54) is 88.7 Å². The van der Waals surface area contributed by atoms with Crippen molar-refractivity contribution in [2.24, 2.45) is 0 Å². The maximum absolute atomic E-state index is 2.53. The highest BCUT2D eigenvalue weighted by molar-refractivity contribution is 6.03. The van der Waals surface area contributed by atoms with E-state index in [1.807, 2.05) is 0 Å². The quantitative estimate of drug-likeness (QED) is 0.155. The van der Waals surface area contributed by atoms with Crippen molar-refractivity contribution < 1.29 is 0 Å². The molecule has 0 N–H and O–H groups in total. The Morgan fingerprint density at radius 1 is 0.317 bits per heavy atom. The molecule has 10 aromatic carbocycles. The lowest BCUT2D eigenvalue weighted by molar-refractivity contribution is 0.661. The first kappa shape index (κ1) is 37.1. The number of para-hydroxylation sites is 2. The minimum Gasteiger partial charge on any atom is -0.309 e. The third-order valence-corrected chi connectivity index (χ3v) is 13.9. The molecule has 0 spiro atoms. The number of nitrogens with zero attached hydrogens (tertiary/aromatic N) is 1. The van der Waals surface area contributed by atoms with E-state index in [-0.39, 0.29) is 5.41 Å². The van der Waals surface area contributed by atoms with E-state index in [4.69, 9.17) is 0 Å². The highest BCUT2D eigenvalue weighted by Gasteiger charge is 2.46. The monoisotopic (exact) mass is 803 g/mol. The zero-order chi connectivity index (χ0) is 42.1. The lowest BCUT2D eigenvalue weighted by atomic mass is 9.67. The molecule has 0 fully saturated rings. The molecule has 2 aliphatic carbocycles. The second-order valence-corrected chi connectivity index (χ2v) is 17.6. The van der Waals surface area contributed by atoms with E-state index in [2.05, 4.69) is 255 Å². The molecule has 0 bridgehead atoms. The van der Waals surface area contributed by atoms with Gasteiger partial charge < -0.3 is 4.90 Å². The van der Waals surface area contributed by atoms with Crippen LogP contribution in [0, 0.1) is 0 Å². The average Bonchev–Trinajstić information content (AvgIpc) is 3.77. The summed E-state index contributed by atoms with van der Waals surface area (Å²) in [6.07, 6.45) is 0. The second-order valence-electron chi connectivity index (χ2n) is 17.6. The zero-order valence-electron chi connectivity index (χ0n) is 35.5. The van der Waals surface area contributed by atoms with Crippen molar-refractivity contribution in [1.82, 2.24) is 0 Å². The van der Waals surface area contributed by atoms with Gasteiger partial charge in [-0.3, -0.25) is 0 Å². The molecule has 0 saturated heterocycles. The van der Waals surface area contributed by atoms with Crippen molar-refractivity contribution in [3.8, 4) is 44.5 Å². The predicted octanol–water partition coefficient (Wildman–Crippen LogP) is 16.3. The summed E-state index contributed by atoms with van der Waals surface area (Å²) in [5.41, 5.74) is 20.5.